The zero-order valence-electron chi connectivity index (χ0n) is 19.7. The van der Waals surface area contributed by atoms with Crippen LogP contribution in [0.1, 0.15) is 38.5 Å². The van der Waals surface area contributed by atoms with Gasteiger partial charge in [-0.2, -0.15) is 0 Å². The Bertz CT molecular complexity index is 905. The summed E-state index contributed by atoms with van der Waals surface area (Å²) in [6.45, 7) is 0.0510. The summed E-state index contributed by atoms with van der Waals surface area (Å²) < 4.78 is 0. The van der Waals surface area contributed by atoms with Crippen LogP contribution in [0.5, 0.6) is 0 Å². The van der Waals surface area contributed by atoms with Crippen molar-refractivity contribution in [2.24, 2.45) is 27.9 Å². The highest BCUT2D eigenvalue weighted by Gasteiger charge is 2.32. The lowest BCUT2D eigenvalue weighted by Crippen LogP contribution is -2.57. The summed E-state index contributed by atoms with van der Waals surface area (Å²) in [6.07, 6.45) is -2.44. The van der Waals surface area contributed by atoms with Gasteiger partial charge in [0.2, 0.25) is 23.6 Å². The molecule has 0 aliphatic carbocycles. The van der Waals surface area contributed by atoms with Crippen molar-refractivity contribution in [2.45, 2.75) is 62.7 Å². The number of nitrogens with zero attached hydrogens (tertiary/aromatic N) is 1. The number of rotatable bonds is 18. The highest BCUT2D eigenvalue weighted by molar-refractivity contribution is 5.96. The van der Waals surface area contributed by atoms with Gasteiger partial charge in [-0.25, -0.2) is 4.79 Å². The number of primary amides is 1. The van der Waals surface area contributed by atoms with Crippen molar-refractivity contribution in [3.05, 3.63) is 0 Å². The van der Waals surface area contributed by atoms with Crippen molar-refractivity contribution in [3.8, 4) is 0 Å². The Hall–Kier alpha value is -4.48. The number of guanidine groups is 1. The summed E-state index contributed by atoms with van der Waals surface area (Å²) in [6, 6.07) is -6.44. The fourth-order valence-corrected chi connectivity index (χ4v) is 2.78. The van der Waals surface area contributed by atoms with E-state index >= 15 is 0 Å². The van der Waals surface area contributed by atoms with Crippen molar-refractivity contribution < 1.29 is 48.9 Å². The van der Waals surface area contributed by atoms with E-state index in [2.05, 4.69) is 15.6 Å². The first kappa shape index (κ1) is 32.5. The number of amides is 4. The van der Waals surface area contributed by atoms with Gasteiger partial charge in [0.25, 0.3) is 0 Å². The Morgan fingerprint density at radius 3 is 1.57 bits per heavy atom. The standard InChI is InChI=1S/C19H32N8O10/c20-8(3-4-12(21)28)15(33)26-10(6-13(29)30)17(35)27-11(7-14(31)32)16(34)25-9(18(36)37)2-1-5-24-19(22)23/h8-11H,1-7,20H2,(H2,21,28)(H,25,34)(H,26,33)(H,27,35)(H,29,30)(H,31,32)(H,36,37)(H4,22,23,24). The molecule has 18 heteroatoms. The average Bonchev–Trinajstić information content (AvgIpc) is 2.77. The summed E-state index contributed by atoms with van der Waals surface area (Å²) in [7, 11) is 0. The lowest BCUT2D eigenvalue weighted by Gasteiger charge is -2.24. The van der Waals surface area contributed by atoms with E-state index in [0.29, 0.717) is 0 Å². The van der Waals surface area contributed by atoms with Crippen LogP contribution in [0, 0.1) is 0 Å². The number of nitrogens with one attached hydrogen (secondary N) is 3. The zero-order chi connectivity index (χ0) is 28.7. The van der Waals surface area contributed by atoms with Gasteiger partial charge < -0.3 is 54.2 Å². The van der Waals surface area contributed by atoms with E-state index in [9.17, 15) is 38.7 Å². The van der Waals surface area contributed by atoms with Crippen LogP contribution in [-0.2, 0) is 33.6 Å². The van der Waals surface area contributed by atoms with E-state index < -0.39 is 78.5 Å². The molecular weight excluding hydrogens is 500 g/mol. The van der Waals surface area contributed by atoms with E-state index in [-0.39, 0.29) is 38.2 Å². The average molecular weight is 533 g/mol. The van der Waals surface area contributed by atoms with E-state index in [0.717, 1.165) is 0 Å². The Morgan fingerprint density at radius 1 is 0.703 bits per heavy atom. The molecule has 14 N–H and O–H groups in total. The zero-order valence-corrected chi connectivity index (χ0v) is 19.7. The molecule has 4 atom stereocenters. The van der Waals surface area contributed by atoms with Gasteiger partial charge in [0.1, 0.15) is 18.1 Å². The van der Waals surface area contributed by atoms with Crippen LogP contribution in [0.15, 0.2) is 4.99 Å². The molecule has 0 heterocycles. The van der Waals surface area contributed by atoms with Crippen molar-refractivity contribution in [2.75, 3.05) is 6.54 Å². The number of carboxylic acids is 3. The molecule has 0 aromatic rings. The van der Waals surface area contributed by atoms with Gasteiger partial charge >= 0.3 is 17.9 Å². The highest BCUT2D eigenvalue weighted by atomic mass is 16.4. The van der Waals surface area contributed by atoms with Crippen LogP contribution in [0.2, 0.25) is 0 Å². The van der Waals surface area contributed by atoms with Gasteiger partial charge in [-0.3, -0.25) is 33.8 Å². The lowest BCUT2D eigenvalue weighted by molar-refractivity contribution is -0.145. The van der Waals surface area contributed by atoms with E-state index in [4.69, 9.17) is 33.1 Å². The van der Waals surface area contributed by atoms with Gasteiger partial charge in [0.05, 0.1) is 18.9 Å². The monoisotopic (exact) mass is 532 g/mol. The molecule has 0 spiro atoms. The van der Waals surface area contributed by atoms with Crippen LogP contribution in [0.25, 0.3) is 0 Å². The minimum atomic E-state index is -1.83. The number of aliphatic imine (C=N–C) groups is 1. The van der Waals surface area contributed by atoms with Gasteiger partial charge in [0.15, 0.2) is 5.96 Å². The molecule has 0 aromatic carbocycles. The van der Waals surface area contributed by atoms with Gasteiger partial charge in [-0.15, -0.1) is 0 Å². The Morgan fingerprint density at radius 2 is 1.16 bits per heavy atom. The quantitative estimate of drug-likeness (QED) is 0.0450. The molecule has 0 bridgehead atoms. The molecule has 0 aromatic heterocycles. The molecule has 18 nitrogen and oxygen atoms in total. The molecule has 4 amide bonds. The topological polar surface area (TPSA) is 333 Å². The minimum absolute atomic E-state index is 0.0510. The third-order valence-electron chi connectivity index (χ3n) is 4.62. The molecule has 0 fully saturated rings. The summed E-state index contributed by atoms with van der Waals surface area (Å²) in [5, 5.41) is 33.7. The number of nitrogens with two attached hydrogens (primary N) is 4. The van der Waals surface area contributed by atoms with Crippen molar-refractivity contribution in [3.63, 3.8) is 0 Å². The fraction of sp³-hybridized carbons (Fsp3) is 0.579. The lowest BCUT2D eigenvalue weighted by atomic mass is 10.1. The Balaban J connectivity index is 5.49. The third kappa shape index (κ3) is 14.5. The van der Waals surface area contributed by atoms with Crippen LogP contribution in [-0.4, -0.2) is 93.5 Å². The van der Waals surface area contributed by atoms with E-state index in [1.807, 2.05) is 5.32 Å². The van der Waals surface area contributed by atoms with Crippen molar-refractivity contribution in [1.82, 2.24) is 16.0 Å². The minimum Gasteiger partial charge on any atom is -0.481 e. The number of hydrogen-bond acceptors (Lipinski definition) is 9. The largest absolute Gasteiger partial charge is 0.481 e. The van der Waals surface area contributed by atoms with Gasteiger partial charge in [0, 0.05) is 13.0 Å². The Labute approximate surface area is 210 Å². The SMILES string of the molecule is NC(=O)CCC(N)C(=O)NC(CC(=O)O)C(=O)NC(CC(=O)O)C(=O)NC(CCCN=C(N)N)C(=O)O. The first-order valence-electron chi connectivity index (χ1n) is 10.8. The summed E-state index contributed by atoms with van der Waals surface area (Å²) in [5.74, 6) is -8.96. The predicted molar refractivity (Wildman–Crippen MR) is 124 cm³/mol. The smallest absolute Gasteiger partial charge is 0.326 e. The van der Waals surface area contributed by atoms with E-state index in [1.54, 1.807) is 0 Å². The van der Waals surface area contributed by atoms with Crippen LogP contribution < -0.4 is 38.9 Å². The molecule has 0 aliphatic heterocycles. The Kier molecular flexibility index (Phi) is 14.3. The second-order valence-corrected chi connectivity index (χ2v) is 7.78. The second kappa shape index (κ2) is 16.2. The fourth-order valence-electron chi connectivity index (χ4n) is 2.78. The van der Waals surface area contributed by atoms with Crippen molar-refractivity contribution >= 4 is 47.5 Å². The van der Waals surface area contributed by atoms with Crippen LogP contribution in [0.4, 0.5) is 0 Å². The number of carboxylic acid groups (broad SMARTS) is 3. The highest BCUT2D eigenvalue weighted by Crippen LogP contribution is 2.04. The molecule has 0 rings (SSSR count). The normalized spacial score (nSPS) is 13.6. The van der Waals surface area contributed by atoms with Crippen LogP contribution >= 0.6 is 0 Å². The maximum atomic E-state index is 12.7. The predicted octanol–water partition coefficient (Wildman–Crippen LogP) is -4.88. The third-order valence-corrected chi connectivity index (χ3v) is 4.62. The maximum absolute atomic E-state index is 12.7. The molecule has 208 valence electrons. The number of hydrogen-bond donors (Lipinski definition) is 10. The second-order valence-electron chi connectivity index (χ2n) is 7.78. The van der Waals surface area contributed by atoms with Gasteiger partial charge in [-0.1, -0.05) is 0 Å². The molecule has 4 unspecified atom stereocenters. The maximum Gasteiger partial charge on any atom is 0.326 e. The molecule has 37 heavy (non-hydrogen) atoms. The first-order valence-corrected chi connectivity index (χ1v) is 10.8. The molecule has 0 saturated heterocycles. The molecule has 0 saturated carbocycles. The van der Waals surface area contributed by atoms with Crippen LogP contribution in [0.3, 0.4) is 0 Å². The van der Waals surface area contributed by atoms with Gasteiger partial charge in [-0.05, 0) is 19.3 Å². The summed E-state index contributed by atoms with van der Waals surface area (Å²) in [4.78, 5) is 85.9. The summed E-state index contributed by atoms with van der Waals surface area (Å²) >= 11 is 0. The number of carbonyl (C=O) groups excluding carboxylic acids is 4. The first-order chi connectivity index (χ1) is 17.1. The summed E-state index contributed by atoms with van der Waals surface area (Å²) in [5.41, 5.74) is 20.9. The molecular formula is C19H32N8O10. The molecule has 0 aliphatic rings. The number of carbonyl (C=O) groups is 7. The van der Waals surface area contributed by atoms with E-state index in [1.165, 1.54) is 0 Å². The molecule has 0 radical (unpaired) electrons. The number of aliphatic carboxylic acids is 3. The van der Waals surface area contributed by atoms with Crippen molar-refractivity contribution in [1.29, 1.82) is 0 Å².